The van der Waals surface area contributed by atoms with Crippen molar-refractivity contribution in [3.8, 4) is 5.75 Å². The number of hydrogen-bond donors (Lipinski definition) is 1. The summed E-state index contributed by atoms with van der Waals surface area (Å²) in [6, 6.07) is 4.02. The molecule has 96 valence electrons. The van der Waals surface area contributed by atoms with Crippen LogP contribution in [-0.4, -0.2) is 28.3 Å². The van der Waals surface area contributed by atoms with Gasteiger partial charge in [0.05, 0.1) is 13.4 Å². The van der Waals surface area contributed by atoms with Crippen molar-refractivity contribution in [2.75, 3.05) is 19.9 Å². The van der Waals surface area contributed by atoms with Crippen molar-refractivity contribution >= 4 is 10.0 Å². The van der Waals surface area contributed by atoms with Gasteiger partial charge in [-0.15, -0.1) is 0 Å². The topological polar surface area (TPSA) is 55.4 Å². The Labute approximate surface area is 103 Å². The van der Waals surface area contributed by atoms with Gasteiger partial charge in [0, 0.05) is 6.54 Å². The third kappa shape index (κ3) is 4.36. The van der Waals surface area contributed by atoms with Gasteiger partial charge in [-0.2, -0.15) is 0 Å². The molecule has 0 aromatic heterocycles. The summed E-state index contributed by atoms with van der Waals surface area (Å²) < 4.78 is 29.6. The minimum absolute atomic E-state index is 0.422. The summed E-state index contributed by atoms with van der Waals surface area (Å²) in [7, 11) is -1.46. The van der Waals surface area contributed by atoms with Gasteiger partial charge in [0.1, 0.15) is 5.75 Å². The molecule has 1 N–H and O–H groups in total. The van der Waals surface area contributed by atoms with Crippen LogP contribution in [0, 0.1) is 13.8 Å². The highest BCUT2D eigenvalue weighted by Crippen LogP contribution is 2.22. The highest BCUT2D eigenvalue weighted by Gasteiger charge is 2.06. The third-order valence-corrected chi connectivity index (χ3v) is 3.34. The quantitative estimate of drug-likeness (QED) is 0.867. The van der Waals surface area contributed by atoms with Crippen LogP contribution in [0.25, 0.3) is 0 Å². The van der Waals surface area contributed by atoms with E-state index in [4.69, 9.17) is 4.74 Å². The minimum atomic E-state index is -3.10. The fourth-order valence-electron chi connectivity index (χ4n) is 1.71. The van der Waals surface area contributed by atoms with Crippen LogP contribution in [0.5, 0.6) is 5.75 Å². The summed E-state index contributed by atoms with van der Waals surface area (Å²) in [5.74, 6) is 0.863. The highest BCUT2D eigenvalue weighted by atomic mass is 32.2. The van der Waals surface area contributed by atoms with Gasteiger partial charge >= 0.3 is 0 Å². The molecule has 1 rings (SSSR count). The first kappa shape index (κ1) is 14.0. The Morgan fingerprint density at radius 3 is 2.41 bits per heavy atom. The summed E-state index contributed by atoms with van der Waals surface area (Å²) in [5, 5.41) is 0. The van der Waals surface area contributed by atoms with E-state index in [2.05, 4.69) is 4.72 Å². The lowest BCUT2D eigenvalue weighted by Gasteiger charge is -2.11. The molecule has 0 amide bonds. The molecule has 17 heavy (non-hydrogen) atoms. The van der Waals surface area contributed by atoms with Crippen LogP contribution in [-0.2, 0) is 16.4 Å². The third-order valence-electron chi connectivity index (χ3n) is 2.61. The molecule has 0 fully saturated rings. The zero-order chi connectivity index (χ0) is 13.1. The molecule has 0 bridgehead atoms. The van der Waals surface area contributed by atoms with Crippen molar-refractivity contribution in [2.45, 2.75) is 20.3 Å². The van der Waals surface area contributed by atoms with Gasteiger partial charge in [-0.1, -0.05) is 6.07 Å². The maximum Gasteiger partial charge on any atom is 0.208 e. The average Bonchev–Trinajstić information content (AvgIpc) is 2.20. The van der Waals surface area contributed by atoms with Gasteiger partial charge in [-0.25, -0.2) is 13.1 Å². The SMILES string of the molecule is COc1cc(C)c(CCNS(C)(=O)=O)cc1C. The summed E-state index contributed by atoms with van der Waals surface area (Å²) in [4.78, 5) is 0. The Bertz CT molecular complexity index is 495. The van der Waals surface area contributed by atoms with Crippen LogP contribution >= 0.6 is 0 Å². The Morgan fingerprint density at radius 2 is 1.88 bits per heavy atom. The first-order valence-corrected chi connectivity index (χ1v) is 7.31. The predicted octanol–water partition coefficient (Wildman–Crippen LogP) is 1.40. The number of sulfonamides is 1. The molecule has 4 nitrogen and oxygen atoms in total. The standard InChI is InChI=1S/C12H19NO3S/c1-9-8-12(16-3)10(2)7-11(9)5-6-13-17(4,14)15/h7-8,13H,5-6H2,1-4H3. The molecule has 0 radical (unpaired) electrons. The highest BCUT2D eigenvalue weighted by molar-refractivity contribution is 7.88. The van der Waals surface area contributed by atoms with Crippen molar-refractivity contribution in [1.29, 1.82) is 0 Å². The van der Waals surface area contributed by atoms with E-state index >= 15 is 0 Å². The molecule has 0 atom stereocenters. The number of benzene rings is 1. The molecule has 0 unspecified atom stereocenters. The normalized spacial score (nSPS) is 11.5. The second kappa shape index (κ2) is 5.51. The van der Waals surface area contributed by atoms with E-state index in [1.807, 2.05) is 26.0 Å². The summed E-state index contributed by atoms with van der Waals surface area (Å²) in [6.07, 6.45) is 1.85. The second-order valence-electron chi connectivity index (χ2n) is 4.16. The fraction of sp³-hybridized carbons (Fsp3) is 0.500. The van der Waals surface area contributed by atoms with Crippen LogP contribution in [0.1, 0.15) is 16.7 Å². The molecule has 0 saturated heterocycles. The lowest BCUT2D eigenvalue weighted by molar-refractivity contribution is 0.411. The smallest absolute Gasteiger partial charge is 0.208 e. The van der Waals surface area contributed by atoms with Crippen LogP contribution in [0.15, 0.2) is 12.1 Å². The molecule has 5 heteroatoms. The van der Waals surface area contributed by atoms with Gasteiger partial charge < -0.3 is 4.74 Å². The number of aryl methyl sites for hydroxylation is 2. The lowest BCUT2D eigenvalue weighted by atomic mass is 10.0. The summed E-state index contributed by atoms with van der Waals surface area (Å²) in [6.45, 7) is 4.40. The first-order chi connectivity index (χ1) is 7.83. The Hall–Kier alpha value is -1.07. The summed E-state index contributed by atoms with van der Waals surface area (Å²) >= 11 is 0. The van der Waals surface area contributed by atoms with Crippen molar-refractivity contribution in [3.05, 3.63) is 28.8 Å². The van der Waals surface area contributed by atoms with E-state index in [1.165, 1.54) is 6.26 Å². The molecule has 0 aliphatic rings. The molecule has 0 spiro atoms. The number of methoxy groups -OCH3 is 1. The molecule has 0 aliphatic carbocycles. The molecular formula is C12H19NO3S. The van der Waals surface area contributed by atoms with E-state index in [0.717, 1.165) is 22.4 Å². The maximum absolute atomic E-state index is 10.9. The Kier molecular flexibility index (Phi) is 4.54. The Balaban J connectivity index is 2.75. The van der Waals surface area contributed by atoms with Crippen LogP contribution < -0.4 is 9.46 Å². The van der Waals surface area contributed by atoms with Crippen molar-refractivity contribution in [1.82, 2.24) is 4.72 Å². The molecule has 0 heterocycles. The van der Waals surface area contributed by atoms with Crippen LogP contribution in [0.2, 0.25) is 0 Å². The minimum Gasteiger partial charge on any atom is -0.496 e. The first-order valence-electron chi connectivity index (χ1n) is 5.42. The molecular weight excluding hydrogens is 238 g/mol. The average molecular weight is 257 g/mol. The molecule has 1 aromatic rings. The zero-order valence-electron chi connectivity index (χ0n) is 10.7. The number of ether oxygens (including phenoxy) is 1. The molecule has 0 saturated carbocycles. The molecule has 0 aliphatic heterocycles. The lowest BCUT2D eigenvalue weighted by Crippen LogP contribution is -2.24. The Morgan fingerprint density at radius 1 is 1.24 bits per heavy atom. The van der Waals surface area contributed by atoms with Gasteiger partial charge in [-0.05, 0) is 43.0 Å². The van der Waals surface area contributed by atoms with E-state index in [9.17, 15) is 8.42 Å². The van der Waals surface area contributed by atoms with Gasteiger partial charge in [0.25, 0.3) is 0 Å². The van der Waals surface area contributed by atoms with E-state index < -0.39 is 10.0 Å². The maximum atomic E-state index is 10.9. The van der Waals surface area contributed by atoms with Gasteiger partial charge in [0.15, 0.2) is 0 Å². The van der Waals surface area contributed by atoms with E-state index in [1.54, 1.807) is 7.11 Å². The van der Waals surface area contributed by atoms with E-state index in [0.29, 0.717) is 13.0 Å². The van der Waals surface area contributed by atoms with Crippen LogP contribution in [0.4, 0.5) is 0 Å². The monoisotopic (exact) mass is 257 g/mol. The summed E-state index contributed by atoms with van der Waals surface area (Å²) in [5.41, 5.74) is 3.31. The zero-order valence-corrected chi connectivity index (χ0v) is 11.5. The fourth-order valence-corrected chi connectivity index (χ4v) is 2.18. The number of hydrogen-bond acceptors (Lipinski definition) is 3. The van der Waals surface area contributed by atoms with Crippen molar-refractivity contribution < 1.29 is 13.2 Å². The second-order valence-corrected chi connectivity index (χ2v) is 6.00. The van der Waals surface area contributed by atoms with Crippen LogP contribution in [0.3, 0.4) is 0 Å². The van der Waals surface area contributed by atoms with Crippen molar-refractivity contribution in [3.63, 3.8) is 0 Å². The number of rotatable bonds is 5. The van der Waals surface area contributed by atoms with Gasteiger partial charge in [-0.3, -0.25) is 0 Å². The van der Waals surface area contributed by atoms with Crippen molar-refractivity contribution in [2.24, 2.45) is 0 Å². The number of nitrogens with one attached hydrogen (secondary N) is 1. The van der Waals surface area contributed by atoms with E-state index in [-0.39, 0.29) is 0 Å². The van der Waals surface area contributed by atoms with Gasteiger partial charge in [0.2, 0.25) is 10.0 Å². The molecule has 1 aromatic carbocycles. The largest absolute Gasteiger partial charge is 0.496 e. The predicted molar refractivity (Wildman–Crippen MR) is 69.0 cm³/mol.